The van der Waals surface area contributed by atoms with E-state index in [1.807, 2.05) is 5.32 Å². The van der Waals surface area contributed by atoms with Crippen molar-refractivity contribution in [3.05, 3.63) is 35.4 Å². The van der Waals surface area contributed by atoms with Crippen LogP contribution in [0.5, 0.6) is 0 Å². The first-order valence-electron chi connectivity index (χ1n) is 4.89. The molecule has 4 nitrogen and oxygen atoms in total. The van der Waals surface area contributed by atoms with Crippen molar-refractivity contribution < 1.29 is 23.5 Å². The Hall–Kier alpha value is -1.98. The smallest absolute Gasteiger partial charge is 0.335 e. The summed E-state index contributed by atoms with van der Waals surface area (Å²) in [6.45, 7) is 0.0479. The topological polar surface area (TPSA) is 66.4 Å². The van der Waals surface area contributed by atoms with Gasteiger partial charge in [0.2, 0.25) is 0 Å². The zero-order valence-electron chi connectivity index (χ0n) is 8.82. The maximum Gasteiger partial charge on any atom is 0.335 e. The van der Waals surface area contributed by atoms with E-state index in [2.05, 4.69) is 0 Å². The normalized spacial score (nSPS) is 10.3. The molecule has 0 radical (unpaired) electrons. The number of carbonyl (C=O) groups is 2. The summed E-state index contributed by atoms with van der Waals surface area (Å²) in [5, 5.41) is 10.8. The molecule has 92 valence electrons. The van der Waals surface area contributed by atoms with Gasteiger partial charge in [-0.2, -0.15) is 8.78 Å². The van der Waals surface area contributed by atoms with Crippen LogP contribution in [-0.4, -0.2) is 30.0 Å². The highest BCUT2D eigenvalue weighted by Gasteiger charge is 2.13. The number of nitrogens with one attached hydrogen (secondary N) is 1. The van der Waals surface area contributed by atoms with Gasteiger partial charge in [0.1, 0.15) is 0 Å². The lowest BCUT2D eigenvalue weighted by Crippen LogP contribution is -2.31. The van der Waals surface area contributed by atoms with E-state index in [9.17, 15) is 18.4 Å². The molecule has 0 spiro atoms. The van der Waals surface area contributed by atoms with E-state index < -0.39 is 18.3 Å². The van der Waals surface area contributed by atoms with Crippen LogP contribution in [-0.2, 0) is 11.2 Å². The molecule has 17 heavy (non-hydrogen) atoms. The maximum atomic E-state index is 11.8. The van der Waals surface area contributed by atoms with Crippen LogP contribution in [0.1, 0.15) is 15.9 Å². The van der Waals surface area contributed by atoms with Crippen LogP contribution >= 0.6 is 0 Å². The SMILES string of the molecule is O=C(O)c1cccc(CCNC(=O)C(F)F)c1. The second kappa shape index (κ2) is 5.93. The van der Waals surface area contributed by atoms with Gasteiger partial charge in [-0.15, -0.1) is 0 Å². The van der Waals surface area contributed by atoms with Gasteiger partial charge < -0.3 is 10.4 Å². The van der Waals surface area contributed by atoms with Crippen molar-refractivity contribution in [2.45, 2.75) is 12.8 Å². The molecule has 0 saturated heterocycles. The first-order valence-corrected chi connectivity index (χ1v) is 4.89. The summed E-state index contributed by atoms with van der Waals surface area (Å²) in [5.74, 6) is -2.37. The second-order valence-corrected chi connectivity index (χ2v) is 3.35. The Morgan fingerprint density at radius 1 is 1.35 bits per heavy atom. The number of amides is 1. The van der Waals surface area contributed by atoms with E-state index >= 15 is 0 Å². The maximum absolute atomic E-state index is 11.8. The summed E-state index contributed by atoms with van der Waals surface area (Å²) in [6.07, 6.45) is -2.72. The fraction of sp³-hybridized carbons (Fsp3) is 0.273. The number of carboxylic acids is 1. The van der Waals surface area contributed by atoms with Crippen LogP contribution in [0.25, 0.3) is 0 Å². The van der Waals surface area contributed by atoms with Crippen LogP contribution in [0.15, 0.2) is 24.3 Å². The first-order chi connectivity index (χ1) is 8.00. The lowest BCUT2D eigenvalue weighted by molar-refractivity contribution is -0.131. The summed E-state index contributed by atoms with van der Waals surface area (Å²) in [7, 11) is 0. The molecule has 1 amide bonds. The van der Waals surface area contributed by atoms with E-state index in [1.165, 1.54) is 12.1 Å². The van der Waals surface area contributed by atoms with E-state index in [4.69, 9.17) is 5.11 Å². The van der Waals surface area contributed by atoms with E-state index in [1.54, 1.807) is 12.1 Å². The van der Waals surface area contributed by atoms with E-state index in [0.717, 1.165) is 0 Å². The average Bonchev–Trinajstić information content (AvgIpc) is 2.29. The van der Waals surface area contributed by atoms with Crippen molar-refractivity contribution in [3.63, 3.8) is 0 Å². The molecule has 0 bridgehead atoms. The minimum Gasteiger partial charge on any atom is -0.478 e. The molecule has 0 aromatic heterocycles. The third kappa shape index (κ3) is 4.18. The second-order valence-electron chi connectivity index (χ2n) is 3.35. The minimum absolute atomic E-state index is 0.0479. The number of carboxylic acid groups (broad SMARTS) is 1. The van der Waals surface area contributed by atoms with Gasteiger partial charge in [0.05, 0.1) is 5.56 Å². The lowest BCUT2D eigenvalue weighted by atomic mass is 10.1. The summed E-state index contributed by atoms with van der Waals surface area (Å²) < 4.78 is 23.7. The molecule has 1 aromatic carbocycles. The molecule has 0 unspecified atom stereocenters. The van der Waals surface area contributed by atoms with Crippen molar-refractivity contribution in [1.82, 2.24) is 5.32 Å². The largest absolute Gasteiger partial charge is 0.478 e. The molecular weight excluding hydrogens is 232 g/mol. The van der Waals surface area contributed by atoms with Crippen molar-refractivity contribution in [2.24, 2.45) is 0 Å². The van der Waals surface area contributed by atoms with Gasteiger partial charge >= 0.3 is 12.4 Å². The highest BCUT2D eigenvalue weighted by atomic mass is 19.3. The Kier molecular flexibility index (Phi) is 4.56. The molecule has 0 aliphatic heterocycles. The summed E-state index contributed by atoms with van der Waals surface area (Å²) in [5.41, 5.74) is 0.794. The van der Waals surface area contributed by atoms with Crippen molar-refractivity contribution in [3.8, 4) is 0 Å². The van der Waals surface area contributed by atoms with Crippen molar-refractivity contribution in [1.29, 1.82) is 0 Å². The quantitative estimate of drug-likeness (QED) is 0.819. The molecule has 0 saturated carbocycles. The summed E-state index contributed by atoms with van der Waals surface area (Å²) in [6, 6.07) is 6.11. The highest BCUT2D eigenvalue weighted by Crippen LogP contribution is 2.05. The molecule has 2 N–H and O–H groups in total. The van der Waals surface area contributed by atoms with Gasteiger partial charge in [0.25, 0.3) is 5.91 Å². The zero-order valence-corrected chi connectivity index (χ0v) is 8.82. The molecule has 0 atom stereocenters. The van der Waals surface area contributed by atoms with Crippen LogP contribution < -0.4 is 5.32 Å². The Morgan fingerprint density at radius 2 is 2.06 bits per heavy atom. The molecule has 1 rings (SSSR count). The number of hydrogen-bond donors (Lipinski definition) is 2. The van der Waals surface area contributed by atoms with Crippen LogP contribution in [0.4, 0.5) is 8.78 Å². The third-order valence-electron chi connectivity index (χ3n) is 2.09. The van der Waals surface area contributed by atoms with Crippen molar-refractivity contribution >= 4 is 11.9 Å². The molecule has 0 heterocycles. The molecule has 0 fully saturated rings. The number of alkyl halides is 2. The van der Waals surface area contributed by atoms with E-state index in [0.29, 0.717) is 12.0 Å². The van der Waals surface area contributed by atoms with Gasteiger partial charge in [-0.05, 0) is 24.1 Å². The highest BCUT2D eigenvalue weighted by molar-refractivity contribution is 5.87. The minimum atomic E-state index is -3.03. The zero-order chi connectivity index (χ0) is 12.8. The average molecular weight is 243 g/mol. The van der Waals surface area contributed by atoms with Crippen LogP contribution in [0.3, 0.4) is 0 Å². The fourth-order valence-corrected chi connectivity index (χ4v) is 1.27. The van der Waals surface area contributed by atoms with Gasteiger partial charge in [0, 0.05) is 6.54 Å². The monoisotopic (exact) mass is 243 g/mol. The number of aromatic carboxylic acids is 1. The Labute approximate surface area is 96.3 Å². The molecular formula is C11H11F2NO3. The Balaban J connectivity index is 2.50. The number of benzene rings is 1. The number of hydrogen-bond acceptors (Lipinski definition) is 2. The number of rotatable bonds is 5. The van der Waals surface area contributed by atoms with Gasteiger partial charge in [-0.3, -0.25) is 4.79 Å². The van der Waals surface area contributed by atoms with Gasteiger partial charge in [-0.25, -0.2) is 4.79 Å². The predicted octanol–water partition coefficient (Wildman–Crippen LogP) is 1.31. The molecule has 0 aliphatic carbocycles. The van der Waals surface area contributed by atoms with Crippen LogP contribution in [0.2, 0.25) is 0 Å². The molecule has 0 aliphatic rings. The van der Waals surface area contributed by atoms with Crippen LogP contribution in [0, 0.1) is 0 Å². The Bertz CT molecular complexity index is 421. The summed E-state index contributed by atoms with van der Waals surface area (Å²) in [4.78, 5) is 21.2. The Morgan fingerprint density at radius 3 is 2.65 bits per heavy atom. The third-order valence-corrected chi connectivity index (χ3v) is 2.09. The fourth-order valence-electron chi connectivity index (χ4n) is 1.27. The van der Waals surface area contributed by atoms with Gasteiger partial charge in [-0.1, -0.05) is 12.1 Å². The molecule has 1 aromatic rings. The first kappa shape index (κ1) is 13.1. The van der Waals surface area contributed by atoms with E-state index in [-0.39, 0.29) is 12.1 Å². The van der Waals surface area contributed by atoms with Gasteiger partial charge in [0.15, 0.2) is 0 Å². The lowest BCUT2D eigenvalue weighted by Gasteiger charge is -2.05. The summed E-state index contributed by atoms with van der Waals surface area (Å²) >= 11 is 0. The number of halogens is 2. The predicted molar refractivity (Wildman–Crippen MR) is 56.1 cm³/mol. The molecule has 6 heteroatoms. The standard InChI is InChI=1S/C11H11F2NO3/c12-9(13)10(15)14-5-4-7-2-1-3-8(6-7)11(16)17/h1-3,6,9H,4-5H2,(H,14,15)(H,16,17). The number of carbonyl (C=O) groups excluding carboxylic acids is 1. The van der Waals surface area contributed by atoms with Crippen molar-refractivity contribution in [2.75, 3.05) is 6.54 Å².